The molecule has 0 saturated heterocycles. The van der Waals surface area contributed by atoms with E-state index >= 15 is 0 Å². The Morgan fingerprint density at radius 2 is 1.74 bits per heavy atom. The summed E-state index contributed by atoms with van der Waals surface area (Å²) in [5, 5.41) is 0. The molecule has 0 fully saturated rings. The summed E-state index contributed by atoms with van der Waals surface area (Å²) < 4.78 is 32.1. The first-order chi connectivity index (χ1) is 8.65. The zero-order valence-electron chi connectivity index (χ0n) is 11.7. The first kappa shape index (κ1) is 15.5. The Morgan fingerprint density at radius 1 is 1.16 bits per heavy atom. The summed E-state index contributed by atoms with van der Waals surface area (Å²) in [7, 11) is -0.648. The van der Waals surface area contributed by atoms with Crippen LogP contribution in [0.5, 0.6) is 11.5 Å². The van der Waals surface area contributed by atoms with Crippen LogP contribution < -0.4 is 9.47 Å². The third-order valence-electron chi connectivity index (χ3n) is 3.13. The van der Waals surface area contributed by atoms with Gasteiger partial charge in [0.25, 0.3) is 0 Å². The lowest BCUT2D eigenvalue weighted by molar-refractivity contribution is 0.0950. The van der Waals surface area contributed by atoms with Crippen molar-refractivity contribution in [2.24, 2.45) is 0 Å². The van der Waals surface area contributed by atoms with Gasteiger partial charge in [-0.05, 0) is 32.0 Å². The number of sulfone groups is 1. The molecule has 0 unspecified atom stereocenters. The quantitative estimate of drug-likeness (QED) is 0.771. The molecule has 1 aromatic rings. The molecular formula is C13H18O5S. The van der Waals surface area contributed by atoms with Crippen molar-refractivity contribution in [3.8, 4) is 11.5 Å². The van der Waals surface area contributed by atoms with Gasteiger partial charge in [0, 0.05) is 6.26 Å². The van der Waals surface area contributed by atoms with Gasteiger partial charge in [-0.3, -0.25) is 4.79 Å². The molecule has 0 amide bonds. The Balaban J connectivity index is 3.41. The molecule has 1 rings (SSSR count). The maximum Gasteiger partial charge on any atom is 0.187 e. The SMILES string of the molecule is COc1ccc(OC)c(C(=O)C(C)(C)S(C)(=O)=O)c1. The van der Waals surface area contributed by atoms with Crippen molar-refractivity contribution in [1.29, 1.82) is 0 Å². The number of ether oxygens (including phenoxy) is 2. The Morgan fingerprint density at radius 3 is 2.16 bits per heavy atom. The number of benzene rings is 1. The van der Waals surface area contributed by atoms with Gasteiger partial charge in [0.05, 0.1) is 19.8 Å². The fourth-order valence-corrected chi connectivity index (χ4v) is 1.93. The molecule has 5 nitrogen and oxygen atoms in total. The maximum atomic E-state index is 12.4. The van der Waals surface area contributed by atoms with E-state index in [4.69, 9.17) is 9.47 Å². The molecule has 0 N–H and O–H groups in total. The van der Waals surface area contributed by atoms with Crippen molar-refractivity contribution < 1.29 is 22.7 Å². The van der Waals surface area contributed by atoms with Crippen LogP contribution in [-0.2, 0) is 9.84 Å². The highest BCUT2D eigenvalue weighted by molar-refractivity contribution is 7.92. The largest absolute Gasteiger partial charge is 0.497 e. The number of hydrogen-bond donors (Lipinski definition) is 0. The van der Waals surface area contributed by atoms with Crippen LogP contribution in [0.25, 0.3) is 0 Å². The van der Waals surface area contributed by atoms with E-state index in [1.165, 1.54) is 34.1 Å². The Kier molecular flexibility index (Phi) is 4.25. The molecule has 19 heavy (non-hydrogen) atoms. The van der Waals surface area contributed by atoms with E-state index in [2.05, 4.69) is 0 Å². The van der Waals surface area contributed by atoms with Gasteiger partial charge in [0.2, 0.25) is 0 Å². The predicted molar refractivity (Wildman–Crippen MR) is 72.8 cm³/mol. The predicted octanol–water partition coefficient (Wildman–Crippen LogP) is 1.71. The van der Waals surface area contributed by atoms with Gasteiger partial charge < -0.3 is 9.47 Å². The number of hydrogen-bond acceptors (Lipinski definition) is 5. The van der Waals surface area contributed by atoms with E-state index in [0.717, 1.165) is 6.26 Å². The average Bonchev–Trinajstić information content (AvgIpc) is 2.35. The summed E-state index contributed by atoms with van der Waals surface area (Å²) in [5.41, 5.74) is 0.192. The van der Waals surface area contributed by atoms with Crippen LogP contribution in [0.1, 0.15) is 24.2 Å². The van der Waals surface area contributed by atoms with Gasteiger partial charge in [-0.1, -0.05) is 0 Å². The molecule has 0 spiro atoms. The van der Waals surface area contributed by atoms with Gasteiger partial charge in [0.15, 0.2) is 15.6 Å². The van der Waals surface area contributed by atoms with Crippen molar-refractivity contribution in [2.45, 2.75) is 18.6 Å². The molecule has 0 aliphatic heterocycles. The van der Waals surface area contributed by atoms with Gasteiger partial charge >= 0.3 is 0 Å². The van der Waals surface area contributed by atoms with Crippen molar-refractivity contribution in [2.75, 3.05) is 20.5 Å². The van der Waals surface area contributed by atoms with E-state index in [1.807, 2.05) is 0 Å². The highest BCUT2D eigenvalue weighted by atomic mass is 32.2. The molecule has 0 saturated carbocycles. The van der Waals surface area contributed by atoms with E-state index < -0.39 is 20.4 Å². The lowest BCUT2D eigenvalue weighted by Crippen LogP contribution is -2.40. The van der Waals surface area contributed by atoms with Gasteiger partial charge in [0.1, 0.15) is 16.2 Å². The van der Waals surface area contributed by atoms with Crippen LogP contribution in [0, 0.1) is 0 Å². The monoisotopic (exact) mass is 286 g/mol. The molecule has 0 radical (unpaired) electrons. The fraction of sp³-hybridized carbons (Fsp3) is 0.462. The first-order valence-corrected chi connectivity index (χ1v) is 7.50. The van der Waals surface area contributed by atoms with E-state index in [-0.39, 0.29) is 5.56 Å². The molecule has 0 bridgehead atoms. The molecule has 1 aromatic carbocycles. The number of ketones is 1. The van der Waals surface area contributed by atoms with Gasteiger partial charge in [-0.25, -0.2) is 8.42 Å². The summed E-state index contributed by atoms with van der Waals surface area (Å²) in [6.45, 7) is 2.76. The summed E-state index contributed by atoms with van der Waals surface area (Å²) in [6, 6.07) is 4.70. The number of carbonyl (C=O) groups is 1. The molecule has 0 aliphatic rings. The molecular weight excluding hydrogens is 268 g/mol. The zero-order chi connectivity index (χ0) is 14.8. The van der Waals surface area contributed by atoms with Crippen molar-refractivity contribution in [1.82, 2.24) is 0 Å². The second kappa shape index (κ2) is 5.21. The molecule has 0 aromatic heterocycles. The third-order valence-corrected chi connectivity index (χ3v) is 5.16. The highest BCUT2D eigenvalue weighted by Gasteiger charge is 2.40. The molecule has 106 valence electrons. The summed E-state index contributed by atoms with van der Waals surface area (Å²) >= 11 is 0. The zero-order valence-corrected chi connectivity index (χ0v) is 12.5. The smallest absolute Gasteiger partial charge is 0.187 e. The van der Waals surface area contributed by atoms with Crippen LogP contribution in [0.3, 0.4) is 0 Å². The minimum atomic E-state index is -3.54. The van der Waals surface area contributed by atoms with E-state index in [1.54, 1.807) is 12.1 Å². The van der Waals surface area contributed by atoms with E-state index in [9.17, 15) is 13.2 Å². The average molecular weight is 286 g/mol. The third kappa shape index (κ3) is 2.89. The maximum absolute atomic E-state index is 12.4. The molecule has 0 heterocycles. The second-order valence-corrected chi connectivity index (χ2v) is 7.24. The van der Waals surface area contributed by atoms with Crippen molar-refractivity contribution in [3.63, 3.8) is 0 Å². The highest BCUT2D eigenvalue weighted by Crippen LogP contribution is 2.30. The van der Waals surface area contributed by atoms with Gasteiger partial charge in [-0.2, -0.15) is 0 Å². The second-order valence-electron chi connectivity index (χ2n) is 4.68. The minimum Gasteiger partial charge on any atom is -0.497 e. The summed E-state index contributed by atoms with van der Waals surface area (Å²) in [5.74, 6) is 0.265. The first-order valence-electron chi connectivity index (χ1n) is 5.61. The number of rotatable bonds is 5. The lowest BCUT2D eigenvalue weighted by Gasteiger charge is -2.22. The topological polar surface area (TPSA) is 69.7 Å². The summed E-state index contributed by atoms with van der Waals surface area (Å²) in [4.78, 5) is 12.4. The summed E-state index contributed by atoms with van der Waals surface area (Å²) in [6.07, 6.45) is 1.04. The van der Waals surface area contributed by atoms with Crippen molar-refractivity contribution in [3.05, 3.63) is 23.8 Å². The van der Waals surface area contributed by atoms with Crippen LogP contribution in [0.2, 0.25) is 0 Å². The Hall–Kier alpha value is -1.56. The van der Waals surface area contributed by atoms with Gasteiger partial charge in [-0.15, -0.1) is 0 Å². The lowest BCUT2D eigenvalue weighted by atomic mass is 9.99. The van der Waals surface area contributed by atoms with Crippen LogP contribution in [0.4, 0.5) is 0 Å². The van der Waals surface area contributed by atoms with E-state index in [0.29, 0.717) is 11.5 Å². The fourth-order valence-electron chi connectivity index (χ4n) is 1.48. The Bertz CT molecular complexity index is 587. The van der Waals surface area contributed by atoms with Crippen LogP contribution >= 0.6 is 0 Å². The molecule has 6 heteroatoms. The molecule has 0 atom stereocenters. The number of methoxy groups -OCH3 is 2. The normalized spacial score (nSPS) is 12.1. The van der Waals surface area contributed by atoms with Crippen molar-refractivity contribution >= 4 is 15.6 Å². The number of carbonyl (C=O) groups excluding carboxylic acids is 1. The van der Waals surface area contributed by atoms with Crippen LogP contribution in [-0.4, -0.2) is 39.4 Å². The molecule has 0 aliphatic carbocycles. The van der Waals surface area contributed by atoms with Crippen LogP contribution in [0.15, 0.2) is 18.2 Å². The number of Topliss-reactive ketones (excluding diaryl/α,β-unsaturated/α-hetero) is 1. The Labute approximate surface area is 113 Å². The minimum absolute atomic E-state index is 0.192. The standard InChI is InChI=1S/C13H18O5S/c1-13(2,19(5,15)16)12(14)10-8-9(17-3)6-7-11(10)18-4/h6-8H,1-5H3.